The number of alkyl halides is 1. The highest BCUT2D eigenvalue weighted by Gasteiger charge is 2.12. The van der Waals surface area contributed by atoms with Gasteiger partial charge in [0.05, 0.1) is 12.2 Å². The summed E-state index contributed by atoms with van der Waals surface area (Å²) in [6.07, 6.45) is 0. The van der Waals surface area contributed by atoms with E-state index in [2.05, 4.69) is 15.9 Å². The molecule has 1 rings (SSSR count). The van der Waals surface area contributed by atoms with Crippen LogP contribution in [0, 0.1) is 0 Å². The van der Waals surface area contributed by atoms with Crippen molar-refractivity contribution in [3.8, 4) is 0 Å². The zero-order chi connectivity index (χ0) is 13.5. The smallest absolute Gasteiger partial charge is 0.338 e. The van der Waals surface area contributed by atoms with Gasteiger partial charge in [0.1, 0.15) is 0 Å². The van der Waals surface area contributed by atoms with E-state index in [-0.39, 0.29) is 11.9 Å². The zero-order valence-electron chi connectivity index (χ0n) is 10.5. The molecule has 4 nitrogen and oxygen atoms in total. The third kappa shape index (κ3) is 3.84. The number of carbonyl (C=O) groups is 2. The van der Waals surface area contributed by atoms with E-state index in [1.807, 2.05) is 0 Å². The summed E-state index contributed by atoms with van der Waals surface area (Å²) >= 11 is 3.31. The molecule has 0 aliphatic rings. The Bertz CT molecular complexity index is 417. The Balaban J connectivity index is 2.86. The summed E-state index contributed by atoms with van der Waals surface area (Å²) in [7, 11) is 0. The van der Waals surface area contributed by atoms with Gasteiger partial charge in [-0.15, -0.1) is 0 Å². The molecule has 98 valence electrons. The standard InChI is InChI=1S/C13H16BrNO3/c1-3-18-13(17)11-4-6-12(7-5-11)15(9-8-14)10(2)16/h4-7H,3,8-9H2,1-2H3. The molecule has 1 amide bonds. The third-order valence-corrected chi connectivity index (χ3v) is 2.73. The van der Waals surface area contributed by atoms with Crippen LogP contribution < -0.4 is 4.90 Å². The van der Waals surface area contributed by atoms with E-state index in [0.717, 1.165) is 5.69 Å². The normalized spacial score (nSPS) is 9.94. The van der Waals surface area contributed by atoms with Gasteiger partial charge in [0.25, 0.3) is 0 Å². The van der Waals surface area contributed by atoms with E-state index in [1.54, 1.807) is 36.1 Å². The lowest BCUT2D eigenvalue weighted by atomic mass is 10.2. The number of halogens is 1. The number of nitrogens with zero attached hydrogens (tertiary/aromatic N) is 1. The van der Waals surface area contributed by atoms with E-state index in [0.29, 0.717) is 24.0 Å². The molecule has 0 radical (unpaired) electrons. The van der Waals surface area contributed by atoms with Gasteiger partial charge in [-0.05, 0) is 31.2 Å². The summed E-state index contributed by atoms with van der Waals surface area (Å²) in [6.45, 7) is 4.22. The lowest BCUT2D eigenvalue weighted by Gasteiger charge is -2.20. The summed E-state index contributed by atoms with van der Waals surface area (Å²) < 4.78 is 4.90. The van der Waals surface area contributed by atoms with Crippen molar-refractivity contribution in [2.45, 2.75) is 13.8 Å². The second-order valence-electron chi connectivity index (χ2n) is 3.63. The zero-order valence-corrected chi connectivity index (χ0v) is 12.1. The fourth-order valence-corrected chi connectivity index (χ4v) is 1.90. The average Bonchev–Trinajstić information content (AvgIpc) is 2.36. The first-order chi connectivity index (χ1) is 8.60. The Morgan fingerprint density at radius 2 is 1.89 bits per heavy atom. The largest absolute Gasteiger partial charge is 0.462 e. The number of anilines is 1. The van der Waals surface area contributed by atoms with Gasteiger partial charge in [0.2, 0.25) is 5.91 Å². The summed E-state index contributed by atoms with van der Waals surface area (Å²) in [4.78, 5) is 24.6. The monoisotopic (exact) mass is 313 g/mol. The number of hydrogen-bond acceptors (Lipinski definition) is 3. The van der Waals surface area contributed by atoms with Crippen molar-refractivity contribution in [3.63, 3.8) is 0 Å². The van der Waals surface area contributed by atoms with E-state index in [9.17, 15) is 9.59 Å². The number of amides is 1. The molecule has 1 aromatic carbocycles. The fraction of sp³-hybridized carbons (Fsp3) is 0.385. The van der Waals surface area contributed by atoms with Gasteiger partial charge in [-0.2, -0.15) is 0 Å². The first kappa shape index (κ1) is 14.7. The summed E-state index contributed by atoms with van der Waals surface area (Å²) in [5.41, 5.74) is 1.26. The van der Waals surface area contributed by atoms with Crippen molar-refractivity contribution in [3.05, 3.63) is 29.8 Å². The van der Waals surface area contributed by atoms with E-state index >= 15 is 0 Å². The van der Waals surface area contributed by atoms with Crippen molar-refractivity contribution in [1.82, 2.24) is 0 Å². The minimum atomic E-state index is -0.348. The predicted molar refractivity (Wildman–Crippen MR) is 74.2 cm³/mol. The van der Waals surface area contributed by atoms with E-state index in [1.165, 1.54) is 6.92 Å². The molecule has 0 aliphatic carbocycles. The van der Waals surface area contributed by atoms with Crippen LogP contribution in [0.25, 0.3) is 0 Å². The van der Waals surface area contributed by atoms with Gasteiger partial charge in [-0.1, -0.05) is 15.9 Å². The Kier molecular flexibility index (Phi) is 5.85. The van der Waals surface area contributed by atoms with Gasteiger partial charge < -0.3 is 9.64 Å². The van der Waals surface area contributed by atoms with Crippen LogP contribution in [-0.2, 0) is 9.53 Å². The molecular formula is C13H16BrNO3. The SMILES string of the molecule is CCOC(=O)c1ccc(N(CCBr)C(C)=O)cc1. The Hall–Kier alpha value is -1.36. The molecule has 0 unspecified atom stereocenters. The minimum absolute atomic E-state index is 0.0293. The van der Waals surface area contributed by atoms with Crippen molar-refractivity contribution >= 4 is 33.5 Å². The maximum Gasteiger partial charge on any atom is 0.338 e. The molecule has 0 saturated carbocycles. The number of carbonyl (C=O) groups excluding carboxylic acids is 2. The quantitative estimate of drug-likeness (QED) is 0.620. The van der Waals surface area contributed by atoms with Crippen LogP contribution in [0.15, 0.2) is 24.3 Å². The van der Waals surface area contributed by atoms with Crippen LogP contribution in [0.5, 0.6) is 0 Å². The molecule has 0 bridgehead atoms. The van der Waals surface area contributed by atoms with Crippen LogP contribution in [0.1, 0.15) is 24.2 Å². The lowest BCUT2D eigenvalue weighted by Crippen LogP contribution is -2.30. The van der Waals surface area contributed by atoms with Gasteiger partial charge in [-0.25, -0.2) is 4.79 Å². The number of rotatable bonds is 5. The predicted octanol–water partition coefficient (Wildman–Crippen LogP) is 2.61. The first-order valence-corrected chi connectivity index (χ1v) is 6.83. The van der Waals surface area contributed by atoms with Crippen LogP contribution in [0.4, 0.5) is 5.69 Å². The maximum atomic E-state index is 11.5. The molecule has 0 atom stereocenters. The van der Waals surface area contributed by atoms with E-state index in [4.69, 9.17) is 4.74 Å². The highest BCUT2D eigenvalue weighted by molar-refractivity contribution is 9.09. The Morgan fingerprint density at radius 1 is 1.28 bits per heavy atom. The number of hydrogen-bond donors (Lipinski definition) is 0. The van der Waals surface area contributed by atoms with Crippen LogP contribution in [-0.4, -0.2) is 30.4 Å². The molecule has 0 N–H and O–H groups in total. The molecule has 5 heteroatoms. The maximum absolute atomic E-state index is 11.5. The van der Waals surface area contributed by atoms with Crippen molar-refractivity contribution in [2.75, 3.05) is 23.4 Å². The molecule has 0 heterocycles. The highest BCUT2D eigenvalue weighted by Crippen LogP contribution is 2.16. The molecule has 0 spiro atoms. The first-order valence-electron chi connectivity index (χ1n) is 5.71. The topological polar surface area (TPSA) is 46.6 Å². The second-order valence-corrected chi connectivity index (χ2v) is 4.42. The van der Waals surface area contributed by atoms with Gasteiger partial charge >= 0.3 is 5.97 Å². The molecule has 0 fully saturated rings. The molecule has 0 saturated heterocycles. The van der Waals surface area contributed by atoms with E-state index < -0.39 is 0 Å². The third-order valence-electron chi connectivity index (χ3n) is 2.38. The number of benzene rings is 1. The van der Waals surface area contributed by atoms with Crippen molar-refractivity contribution in [2.24, 2.45) is 0 Å². The summed E-state index contributed by atoms with van der Waals surface area (Å²) in [5, 5.41) is 0.701. The number of ether oxygens (including phenoxy) is 1. The number of esters is 1. The fourth-order valence-electron chi connectivity index (χ4n) is 1.54. The molecule has 0 aromatic heterocycles. The summed E-state index contributed by atoms with van der Waals surface area (Å²) in [6, 6.07) is 6.82. The van der Waals surface area contributed by atoms with Crippen LogP contribution in [0.2, 0.25) is 0 Å². The van der Waals surface area contributed by atoms with Gasteiger partial charge in [-0.3, -0.25) is 4.79 Å². The molecule has 18 heavy (non-hydrogen) atoms. The van der Waals surface area contributed by atoms with Gasteiger partial charge in [0.15, 0.2) is 0 Å². The van der Waals surface area contributed by atoms with Crippen LogP contribution >= 0.6 is 15.9 Å². The Morgan fingerprint density at radius 3 is 2.33 bits per heavy atom. The second kappa shape index (κ2) is 7.16. The highest BCUT2D eigenvalue weighted by atomic mass is 79.9. The Labute approximate surface area is 115 Å². The van der Waals surface area contributed by atoms with Crippen molar-refractivity contribution in [1.29, 1.82) is 0 Å². The van der Waals surface area contributed by atoms with Crippen LogP contribution in [0.3, 0.4) is 0 Å². The minimum Gasteiger partial charge on any atom is -0.462 e. The lowest BCUT2D eigenvalue weighted by molar-refractivity contribution is -0.116. The molecular weight excluding hydrogens is 298 g/mol. The molecule has 0 aliphatic heterocycles. The molecule has 1 aromatic rings. The van der Waals surface area contributed by atoms with Crippen molar-refractivity contribution < 1.29 is 14.3 Å². The van der Waals surface area contributed by atoms with Gasteiger partial charge in [0, 0.05) is 24.5 Å². The average molecular weight is 314 g/mol. The summed E-state index contributed by atoms with van der Waals surface area (Å²) in [5.74, 6) is -0.378.